The summed E-state index contributed by atoms with van der Waals surface area (Å²) in [5.41, 5.74) is -0.394. The second-order valence-electron chi connectivity index (χ2n) is 5.36. The zero-order chi connectivity index (χ0) is 11.5. The number of nitrogens with zero attached hydrogens (tertiary/aromatic N) is 1. The Morgan fingerprint density at radius 2 is 1.80 bits per heavy atom. The number of carbonyl (C=O) groups is 1. The molecule has 0 unspecified atom stereocenters. The van der Waals surface area contributed by atoms with E-state index in [1.165, 1.54) is 6.42 Å². The van der Waals surface area contributed by atoms with E-state index in [9.17, 15) is 4.79 Å². The molecule has 0 atom stereocenters. The molecule has 0 spiro atoms. The maximum Gasteiger partial charge on any atom is 0.516 e. The smallest absolute Gasteiger partial charge is 0.414 e. The molecule has 1 radical (unpaired) electrons. The van der Waals surface area contributed by atoms with Crippen LogP contribution in [-0.4, -0.2) is 35.8 Å². The summed E-state index contributed by atoms with van der Waals surface area (Å²) in [6, 6.07) is 0. The molecule has 1 fully saturated rings. The van der Waals surface area contributed by atoms with E-state index in [0.29, 0.717) is 11.0 Å². The minimum atomic E-state index is -0.394. The van der Waals surface area contributed by atoms with Crippen LogP contribution in [0.15, 0.2) is 0 Å². The highest BCUT2D eigenvalue weighted by Crippen LogP contribution is 2.22. The first-order valence-electron chi connectivity index (χ1n) is 5.78. The van der Waals surface area contributed by atoms with E-state index in [1.807, 2.05) is 20.8 Å². The standard InChI is InChI=1S/C12H23NO2/c1-5-13(9-7-6-8-10-13)11(14)15-12(2,3)4/h1,5-10H2,2-4H3/q+1. The molecule has 0 N–H and O–H groups in total. The van der Waals surface area contributed by atoms with Gasteiger partial charge in [-0.2, -0.15) is 4.79 Å². The van der Waals surface area contributed by atoms with Crippen molar-refractivity contribution < 1.29 is 14.0 Å². The van der Waals surface area contributed by atoms with Crippen molar-refractivity contribution in [1.29, 1.82) is 0 Å². The van der Waals surface area contributed by atoms with Gasteiger partial charge in [-0.15, -0.1) is 0 Å². The van der Waals surface area contributed by atoms with Gasteiger partial charge in [-0.3, -0.25) is 0 Å². The summed E-state index contributed by atoms with van der Waals surface area (Å²) in [7, 11) is 0. The molecular formula is C12H23NO2+. The molecule has 0 aliphatic carbocycles. The number of likely N-dealkylation sites (tertiary alicyclic amines) is 1. The quantitative estimate of drug-likeness (QED) is 0.626. The lowest BCUT2D eigenvalue weighted by Crippen LogP contribution is -2.57. The van der Waals surface area contributed by atoms with Crippen molar-refractivity contribution >= 4 is 6.09 Å². The lowest BCUT2D eigenvalue weighted by molar-refractivity contribution is -0.858. The number of piperidine rings is 1. The SMILES string of the molecule is [CH2]C[N+]1(C(=O)OC(C)(C)C)CCCCC1. The third-order valence-corrected chi connectivity index (χ3v) is 2.88. The van der Waals surface area contributed by atoms with Crippen LogP contribution in [0.1, 0.15) is 40.0 Å². The molecule has 87 valence electrons. The van der Waals surface area contributed by atoms with Crippen LogP contribution < -0.4 is 0 Å². The molecule has 1 aliphatic rings. The minimum absolute atomic E-state index is 0.0998. The average Bonchev–Trinajstić information content (AvgIpc) is 2.16. The molecule has 15 heavy (non-hydrogen) atoms. The number of quaternary nitrogens is 1. The van der Waals surface area contributed by atoms with E-state index >= 15 is 0 Å². The molecule has 3 nitrogen and oxygen atoms in total. The monoisotopic (exact) mass is 213 g/mol. The third-order valence-electron chi connectivity index (χ3n) is 2.88. The molecule has 3 heteroatoms. The highest BCUT2D eigenvalue weighted by atomic mass is 16.6. The molecule has 0 bridgehead atoms. The van der Waals surface area contributed by atoms with E-state index in [2.05, 4.69) is 6.92 Å². The predicted molar refractivity (Wildman–Crippen MR) is 60.3 cm³/mol. The first-order valence-corrected chi connectivity index (χ1v) is 5.78. The molecule has 1 saturated heterocycles. The van der Waals surface area contributed by atoms with Gasteiger partial charge in [0.25, 0.3) is 0 Å². The fraction of sp³-hybridized carbons (Fsp3) is 0.833. The van der Waals surface area contributed by atoms with Crippen LogP contribution in [0.25, 0.3) is 0 Å². The number of hydrogen-bond acceptors (Lipinski definition) is 2. The molecule has 0 aromatic carbocycles. The maximum absolute atomic E-state index is 12.1. The van der Waals surface area contributed by atoms with Crippen molar-refractivity contribution in [2.75, 3.05) is 19.6 Å². The van der Waals surface area contributed by atoms with Crippen LogP contribution in [-0.2, 0) is 4.74 Å². The van der Waals surface area contributed by atoms with E-state index < -0.39 is 5.60 Å². The summed E-state index contributed by atoms with van der Waals surface area (Å²) in [5.74, 6) is 0. The Labute approximate surface area is 93.0 Å². The molecule has 0 saturated carbocycles. The van der Waals surface area contributed by atoms with Gasteiger partial charge in [0.1, 0.15) is 5.60 Å². The fourth-order valence-electron chi connectivity index (χ4n) is 1.97. The van der Waals surface area contributed by atoms with Gasteiger partial charge in [-0.1, -0.05) is 0 Å². The Kier molecular flexibility index (Phi) is 3.77. The lowest BCUT2D eigenvalue weighted by Gasteiger charge is -2.38. The summed E-state index contributed by atoms with van der Waals surface area (Å²) in [6.45, 7) is 12.0. The van der Waals surface area contributed by atoms with Gasteiger partial charge in [0.05, 0.1) is 19.6 Å². The third kappa shape index (κ3) is 3.20. The van der Waals surface area contributed by atoms with Crippen molar-refractivity contribution in [3.8, 4) is 0 Å². The zero-order valence-corrected chi connectivity index (χ0v) is 10.2. The normalized spacial score (nSPS) is 21.1. The molecule has 0 aromatic rings. The number of amides is 1. The first kappa shape index (κ1) is 12.5. The van der Waals surface area contributed by atoms with E-state index in [0.717, 1.165) is 25.9 Å². The van der Waals surface area contributed by atoms with E-state index in [-0.39, 0.29) is 6.09 Å². The first-order chi connectivity index (χ1) is 6.90. The van der Waals surface area contributed by atoms with Crippen molar-refractivity contribution in [3.63, 3.8) is 0 Å². The lowest BCUT2D eigenvalue weighted by atomic mass is 10.1. The molecule has 1 heterocycles. The number of hydrogen-bond donors (Lipinski definition) is 0. The summed E-state index contributed by atoms with van der Waals surface area (Å²) >= 11 is 0. The van der Waals surface area contributed by atoms with Crippen LogP contribution >= 0.6 is 0 Å². The molecule has 1 aliphatic heterocycles. The van der Waals surface area contributed by atoms with Crippen molar-refractivity contribution in [2.45, 2.75) is 45.6 Å². The Bertz CT molecular complexity index is 224. The topological polar surface area (TPSA) is 26.3 Å². The minimum Gasteiger partial charge on any atom is -0.414 e. The number of rotatable bonds is 1. The molecule has 0 aromatic heterocycles. The van der Waals surface area contributed by atoms with Crippen LogP contribution in [0.5, 0.6) is 0 Å². The fourth-order valence-corrected chi connectivity index (χ4v) is 1.97. The van der Waals surface area contributed by atoms with Gasteiger partial charge >= 0.3 is 6.09 Å². The number of carbonyl (C=O) groups excluding carboxylic acids is 1. The largest absolute Gasteiger partial charge is 0.516 e. The van der Waals surface area contributed by atoms with Gasteiger partial charge in [-0.05, 0) is 40.0 Å². The van der Waals surface area contributed by atoms with Crippen LogP contribution in [0.4, 0.5) is 4.79 Å². The Morgan fingerprint density at radius 1 is 1.27 bits per heavy atom. The summed E-state index contributed by atoms with van der Waals surface area (Å²) in [6.07, 6.45) is 3.34. The summed E-state index contributed by atoms with van der Waals surface area (Å²) in [5, 5.41) is 0. The van der Waals surface area contributed by atoms with Gasteiger partial charge in [0, 0.05) is 6.92 Å². The molecular weight excluding hydrogens is 190 g/mol. The van der Waals surface area contributed by atoms with Gasteiger partial charge in [0.15, 0.2) is 0 Å². The second-order valence-corrected chi connectivity index (χ2v) is 5.36. The maximum atomic E-state index is 12.1. The van der Waals surface area contributed by atoms with Gasteiger partial charge in [-0.25, -0.2) is 4.48 Å². The highest BCUT2D eigenvalue weighted by molar-refractivity contribution is 5.60. The average molecular weight is 213 g/mol. The zero-order valence-electron chi connectivity index (χ0n) is 10.2. The second kappa shape index (κ2) is 4.52. The van der Waals surface area contributed by atoms with Crippen LogP contribution in [0.3, 0.4) is 0 Å². The molecule has 1 amide bonds. The predicted octanol–water partition coefficient (Wildman–Crippen LogP) is 2.76. The summed E-state index contributed by atoms with van der Waals surface area (Å²) < 4.78 is 5.88. The Morgan fingerprint density at radius 3 is 2.20 bits per heavy atom. The van der Waals surface area contributed by atoms with E-state index in [4.69, 9.17) is 4.74 Å². The van der Waals surface area contributed by atoms with E-state index in [1.54, 1.807) is 0 Å². The van der Waals surface area contributed by atoms with Crippen molar-refractivity contribution in [2.24, 2.45) is 0 Å². The number of ether oxygens (including phenoxy) is 1. The highest BCUT2D eigenvalue weighted by Gasteiger charge is 2.40. The van der Waals surface area contributed by atoms with Crippen molar-refractivity contribution in [1.82, 2.24) is 0 Å². The summed E-state index contributed by atoms with van der Waals surface area (Å²) in [4.78, 5) is 12.1. The Balaban J connectivity index is 2.68. The van der Waals surface area contributed by atoms with Crippen molar-refractivity contribution in [3.05, 3.63) is 6.92 Å². The Hall–Kier alpha value is -0.570. The van der Waals surface area contributed by atoms with Crippen LogP contribution in [0, 0.1) is 6.92 Å². The molecule has 1 rings (SSSR count). The van der Waals surface area contributed by atoms with Crippen LogP contribution in [0.2, 0.25) is 0 Å². The van der Waals surface area contributed by atoms with Gasteiger partial charge in [0.2, 0.25) is 0 Å². The van der Waals surface area contributed by atoms with Gasteiger partial charge < -0.3 is 4.74 Å².